The maximum absolute atomic E-state index is 8.67. The minimum absolute atomic E-state index is 0.0428. The van der Waals surface area contributed by atoms with E-state index in [1.807, 2.05) is 18.3 Å². The van der Waals surface area contributed by atoms with Crippen molar-refractivity contribution >= 4 is 89.8 Å². The molecular weight excluding hydrogens is 893 g/mol. The summed E-state index contributed by atoms with van der Waals surface area (Å²) >= 11 is 0. The number of anilines is 2. The Kier molecular flexibility index (Phi) is 9.76. The Balaban J connectivity index is 1.10. The van der Waals surface area contributed by atoms with E-state index >= 15 is 0 Å². The molecule has 0 aliphatic carbocycles. The van der Waals surface area contributed by atoms with Crippen LogP contribution in [0.1, 0.15) is 62.3 Å². The molecule has 0 radical (unpaired) electrons. The summed E-state index contributed by atoms with van der Waals surface area (Å²) in [5.74, 6) is 2.39. The van der Waals surface area contributed by atoms with Crippen molar-refractivity contribution in [1.82, 2.24) is 14.1 Å². The van der Waals surface area contributed by atoms with E-state index in [2.05, 4.69) is 239 Å². The van der Waals surface area contributed by atoms with Crippen LogP contribution in [0.3, 0.4) is 0 Å². The Morgan fingerprint density at radius 2 is 1.15 bits per heavy atom. The molecule has 4 heterocycles. The van der Waals surface area contributed by atoms with Gasteiger partial charge in [0.15, 0.2) is 0 Å². The van der Waals surface area contributed by atoms with Crippen LogP contribution in [-0.2, 0) is 17.5 Å². The van der Waals surface area contributed by atoms with Crippen LogP contribution in [-0.4, -0.2) is 22.2 Å². The third-order valence-corrected chi connectivity index (χ3v) is 16.8. The molecule has 356 valence electrons. The van der Waals surface area contributed by atoms with Crippen molar-refractivity contribution < 1.29 is 8.85 Å². The van der Waals surface area contributed by atoms with Crippen LogP contribution in [0, 0.1) is 6.85 Å². The molecule has 0 amide bonds. The van der Waals surface area contributed by atoms with Gasteiger partial charge in [0.05, 0.1) is 35.8 Å². The number of pyridine rings is 1. The first-order valence-corrected chi connectivity index (χ1v) is 28.7. The first-order valence-electron chi connectivity index (χ1n) is 26.7. The van der Waals surface area contributed by atoms with Crippen LogP contribution in [0.15, 0.2) is 182 Å². The first-order chi connectivity index (χ1) is 35.7. The summed E-state index contributed by atoms with van der Waals surface area (Å²) in [7, 11) is -1.96. The number of hydrogen-bond donors (Lipinski definition) is 0. The second kappa shape index (κ2) is 16.7. The standard InChI is InChI=1S/C66H62N4OSi/c1-42-33-43(35-45(34-42)66(5,6)7)50-24-17-25-57-53-21-13-11-19-51(53)52-20-12-14-22-54(52)58-26-18-28-60-64(58)69(63(50)57)41-68(60)46-37-48(39-49(38-46)72(8,9)10)71-47-29-30-56-55-23-15-16-27-59(55)70(61(56)40-47)62-36-44(31-32-67-62)65(2,3)4/h11-40H,41H2,1-10H3/i1D3. The highest BCUT2D eigenvalue weighted by Crippen LogP contribution is 2.46. The Morgan fingerprint density at radius 1 is 0.528 bits per heavy atom. The molecule has 8 aromatic carbocycles. The molecule has 0 fully saturated rings. The van der Waals surface area contributed by atoms with Gasteiger partial charge in [0, 0.05) is 55.2 Å². The fourth-order valence-electron chi connectivity index (χ4n) is 11.0. The number of benzene rings is 8. The number of aryl methyl sites for hydroxylation is 1. The van der Waals surface area contributed by atoms with E-state index in [-0.39, 0.29) is 10.8 Å². The normalized spacial score (nSPS) is 13.8. The zero-order valence-corrected chi connectivity index (χ0v) is 43.7. The molecule has 3 aromatic heterocycles. The maximum Gasteiger partial charge on any atom is 0.137 e. The smallest absolute Gasteiger partial charge is 0.137 e. The highest BCUT2D eigenvalue weighted by Gasteiger charge is 2.28. The largest absolute Gasteiger partial charge is 0.457 e. The van der Waals surface area contributed by atoms with E-state index in [1.54, 1.807) is 0 Å². The van der Waals surface area contributed by atoms with Gasteiger partial charge in [0.2, 0.25) is 0 Å². The van der Waals surface area contributed by atoms with E-state index in [9.17, 15) is 0 Å². The first kappa shape index (κ1) is 42.0. The molecule has 11 aromatic rings. The fraction of sp³-hybridized carbons (Fsp3) is 0.197. The Bertz CT molecular complexity index is 4170. The topological polar surface area (TPSA) is 35.2 Å². The van der Waals surface area contributed by atoms with Crippen LogP contribution in [0.5, 0.6) is 11.5 Å². The summed E-state index contributed by atoms with van der Waals surface area (Å²) in [5, 5.41) is 10.3. The lowest BCUT2D eigenvalue weighted by atomic mass is 9.84. The van der Waals surface area contributed by atoms with Gasteiger partial charge in [-0.15, -0.1) is 0 Å². The number of rotatable bonds is 6. The SMILES string of the molecule is [2H]C([2H])([2H])c1cc(-c2cccc3c4ccccc4c4ccccc4c4cccc5c4n(c23)CN5c2cc(Oc3ccc4c5ccccc5n(-c5cc(C(C)(C)C)ccn5)c4c3)cc([Si](C)(C)C)c2)cc(C(C)(C)C)c1. The van der Waals surface area contributed by atoms with Crippen LogP contribution in [0.2, 0.25) is 19.6 Å². The van der Waals surface area contributed by atoms with Gasteiger partial charge in [-0.1, -0.05) is 187 Å². The highest BCUT2D eigenvalue weighted by atomic mass is 28.3. The molecule has 1 aliphatic rings. The summed E-state index contributed by atoms with van der Waals surface area (Å²) in [6.45, 7) is 18.5. The molecule has 0 spiro atoms. The zero-order chi connectivity index (χ0) is 52.3. The van der Waals surface area contributed by atoms with Crippen LogP contribution >= 0.6 is 0 Å². The van der Waals surface area contributed by atoms with E-state index < -0.39 is 14.9 Å². The predicted octanol–water partition coefficient (Wildman–Crippen LogP) is 17.7. The summed E-state index contributed by atoms with van der Waals surface area (Å²) in [6, 6.07) is 62.8. The number of nitrogens with zero attached hydrogens (tertiary/aromatic N) is 4. The zero-order valence-electron chi connectivity index (χ0n) is 45.7. The van der Waals surface area contributed by atoms with E-state index in [0.29, 0.717) is 12.2 Å². The van der Waals surface area contributed by atoms with Gasteiger partial charge >= 0.3 is 0 Å². The van der Waals surface area contributed by atoms with Crippen molar-refractivity contribution in [2.24, 2.45) is 0 Å². The van der Waals surface area contributed by atoms with Gasteiger partial charge in [0.1, 0.15) is 24.0 Å². The van der Waals surface area contributed by atoms with Crippen molar-refractivity contribution in [2.45, 2.75) is 85.5 Å². The molecule has 0 saturated carbocycles. The molecule has 5 nitrogen and oxygen atoms in total. The molecule has 0 unspecified atom stereocenters. The lowest BCUT2D eigenvalue weighted by Gasteiger charge is -2.25. The van der Waals surface area contributed by atoms with Crippen molar-refractivity contribution in [3.8, 4) is 28.4 Å². The minimum atomic E-state index is -2.30. The second-order valence-electron chi connectivity index (χ2n) is 22.8. The number of para-hydroxylation sites is 3. The van der Waals surface area contributed by atoms with Crippen LogP contribution < -0.4 is 14.8 Å². The number of ether oxygens (including phenoxy) is 1. The average molecular weight is 958 g/mol. The monoisotopic (exact) mass is 957 g/mol. The van der Waals surface area contributed by atoms with E-state index in [1.165, 1.54) is 10.8 Å². The summed E-state index contributed by atoms with van der Waals surface area (Å²) < 4.78 is 37.9. The molecule has 0 bridgehead atoms. The number of aromatic nitrogens is 3. The lowest BCUT2D eigenvalue weighted by Crippen LogP contribution is -2.38. The maximum atomic E-state index is 8.67. The van der Waals surface area contributed by atoms with Gasteiger partial charge in [-0.25, -0.2) is 4.98 Å². The number of hydrogen-bond acceptors (Lipinski definition) is 3. The number of fused-ring (bicyclic) bond motifs is 10. The molecule has 0 N–H and O–H groups in total. The Morgan fingerprint density at radius 3 is 1.83 bits per heavy atom. The Labute approximate surface area is 428 Å². The van der Waals surface area contributed by atoms with Crippen molar-refractivity contribution in [3.05, 3.63) is 199 Å². The molecule has 0 atom stereocenters. The summed E-state index contributed by atoms with van der Waals surface area (Å²) in [4.78, 5) is 7.39. The third-order valence-electron chi connectivity index (χ3n) is 14.8. The molecule has 6 heteroatoms. The summed E-state index contributed by atoms with van der Waals surface area (Å²) in [6.07, 6.45) is 1.92. The second-order valence-corrected chi connectivity index (χ2v) is 27.8. The van der Waals surface area contributed by atoms with Crippen molar-refractivity contribution in [2.75, 3.05) is 4.90 Å². The van der Waals surface area contributed by atoms with Gasteiger partial charge in [0.25, 0.3) is 0 Å². The molecular formula is C66H62N4OSi. The van der Waals surface area contributed by atoms with Gasteiger partial charge in [-0.05, 0) is 104 Å². The van der Waals surface area contributed by atoms with E-state index in [4.69, 9.17) is 13.8 Å². The van der Waals surface area contributed by atoms with Crippen molar-refractivity contribution in [3.63, 3.8) is 0 Å². The fourth-order valence-corrected chi connectivity index (χ4v) is 12.1. The highest BCUT2D eigenvalue weighted by molar-refractivity contribution is 6.88. The van der Waals surface area contributed by atoms with Crippen LogP contribution in [0.25, 0.3) is 82.1 Å². The van der Waals surface area contributed by atoms with Gasteiger partial charge < -0.3 is 14.2 Å². The minimum Gasteiger partial charge on any atom is -0.457 e. The van der Waals surface area contributed by atoms with Crippen molar-refractivity contribution in [1.29, 1.82) is 0 Å². The van der Waals surface area contributed by atoms with Crippen LogP contribution in [0.4, 0.5) is 11.4 Å². The predicted molar refractivity (Wildman–Crippen MR) is 310 cm³/mol. The van der Waals surface area contributed by atoms with E-state index in [0.717, 1.165) is 111 Å². The van der Waals surface area contributed by atoms with Gasteiger partial charge in [-0.2, -0.15) is 0 Å². The summed E-state index contributed by atoms with van der Waals surface area (Å²) in [5.41, 5.74) is 10.4. The van der Waals surface area contributed by atoms with Gasteiger partial charge in [-0.3, -0.25) is 4.57 Å². The third kappa shape index (κ3) is 7.71. The Hall–Kier alpha value is -7.67. The lowest BCUT2D eigenvalue weighted by molar-refractivity contribution is 0.483. The molecule has 72 heavy (non-hydrogen) atoms. The molecule has 12 rings (SSSR count). The quantitative estimate of drug-likeness (QED) is 0.156. The molecule has 1 aliphatic heterocycles. The average Bonchev–Trinajstić information content (AvgIpc) is 3.94. The molecule has 0 saturated heterocycles.